The first kappa shape index (κ1) is 6.62. The molecule has 2 saturated carbocycles. The highest BCUT2D eigenvalue weighted by Gasteiger charge is 2.28. The molecule has 0 heterocycles. The summed E-state index contributed by atoms with van der Waals surface area (Å²) in [5, 5.41) is 3.52. The lowest BCUT2D eigenvalue weighted by Gasteiger charge is -2.32. The van der Waals surface area contributed by atoms with E-state index in [0.717, 1.165) is 12.0 Å². The van der Waals surface area contributed by atoms with Crippen LogP contribution >= 0.6 is 0 Å². The van der Waals surface area contributed by atoms with E-state index in [1.807, 2.05) is 0 Å². The van der Waals surface area contributed by atoms with E-state index in [1.165, 1.54) is 32.2 Å². The van der Waals surface area contributed by atoms with E-state index in [9.17, 15) is 0 Å². The molecule has 0 saturated heterocycles. The van der Waals surface area contributed by atoms with E-state index in [-0.39, 0.29) is 0 Å². The Hall–Kier alpha value is -0.0800. The highest BCUT2D eigenvalue weighted by Crippen LogP contribution is 2.26. The van der Waals surface area contributed by atoms with E-state index in [4.69, 9.17) is 5.73 Å². The molecule has 0 atom stereocenters. The second kappa shape index (κ2) is 2.51. The van der Waals surface area contributed by atoms with Crippen LogP contribution in [0.4, 0.5) is 0 Å². The Kier molecular flexibility index (Phi) is 1.66. The zero-order chi connectivity index (χ0) is 6.97. The predicted octanol–water partition coefficient (Wildman–Crippen LogP) is 0.476. The number of nitrogens with two attached hydrogens (primary N) is 1. The lowest BCUT2D eigenvalue weighted by atomic mass is 9.81. The van der Waals surface area contributed by atoms with Crippen molar-refractivity contribution in [1.29, 1.82) is 0 Å². The van der Waals surface area contributed by atoms with Crippen molar-refractivity contribution in [2.75, 3.05) is 6.54 Å². The molecule has 2 rings (SSSR count). The summed E-state index contributed by atoms with van der Waals surface area (Å²) in [5.74, 6) is 0.899. The summed E-state index contributed by atoms with van der Waals surface area (Å²) >= 11 is 0. The van der Waals surface area contributed by atoms with Gasteiger partial charge >= 0.3 is 0 Å². The summed E-state index contributed by atoms with van der Waals surface area (Å²) in [6.07, 6.45) is 5.30. The van der Waals surface area contributed by atoms with Gasteiger partial charge < -0.3 is 11.1 Å². The first-order valence-corrected chi connectivity index (χ1v) is 4.33. The molecule has 0 radical (unpaired) electrons. The van der Waals surface area contributed by atoms with Crippen LogP contribution in [-0.2, 0) is 0 Å². The number of hydrogen-bond acceptors (Lipinski definition) is 2. The molecule has 0 bridgehead atoms. The maximum Gasteiger partial charge on any atom is 0.00683 e. The SMILES string of the molecule is NC1CC(CNC2CC2)C1. The largest absolute Gasteiger partial charge is 0.328 e. The van der Waals surface area contributed by atoms with Crippen molar-refractivity contribution >= 4 is 0 Å². The summed E-state index contributed by atoms with van der Waals surface area (Å²) < 4.78 is 0. The molecule has 2 nitrogen and oxygen atoms in total. The highest BCUT2D eigenvalue weighted by molar-refractivity contribution is 4.87. The molecule has 2 heteroatoms. The van der Waals surface area contributed by atoms with Gasteiger partial charge in [-0.05, 0) is 38.1 Å². The smallest absolute Gasteiger partial charge is 0.00683 e. The van der Waals surface area contributed by atoms with Crippen molar-refractivity contribution in [2.45, 2.75) is 37.8 Å². The summed E-state index contributed by atoms with van der Waals surface area (Å²) in [6.45, 7) is 1.22. The maximum atomic E-state index is 5.66. The molecule has 0 spiro atoms. The normalized spacial score (nSPS) is 39.3. The second-order valence-electron chi connectivity index (χ2n) is 3.78. The van der Waals surface area contributed by atoms with Gasteiger partial charge in [0, 0.05) is 12.1 Å². The van der Waals surface area contributed by atoms with Crippen molar-refractivity contribution in [3.63, 3.8) is 0 Å². The van der Waals surface area contributed by atoms with Crippen LogP contribution in [0.1, 0.15) is 25.7 Å². The van der Waals surface area contributed by atoms with Crippen LogP contribution in [-0.4, -0.2) is 18.6 Å². The Labute approximate surface area is 62.2 Å². The Morgan fingerprint density at radius 2 is 2.00 bits per heavy atom. The fourth-order valence-corrected chi connectivity index (χ4v) is 1.57. The molecule has 3 N–H and O–H groups in total. The van der Waals surface area contributed by atoms with E-state index in [1.54, 1.807) is 0 Å². The molecule has 2 aliphatic carbocycles. The van der Waals surface area contributed by atoms with Crippen LogP contribution in [0.15, 0.2) is 0 Å². The molecular formula is C8H16N2. The minimum absolute atomic E-state index is 0.519. The molecule has 0 amide bonds. The van der Waals surface area contributed by atoms with Gasteiger partial charge in [-0.15, -0.1) is 0 Å². The molecular weight excluding hydrogens is 124 g/mol. The minimum Gasteiger partial charge on any atom is -0.328 e. The Morgan fingerprint density at radius 1 is 1.30 bits per heavy atom. The molecule has 0 aromatic carbocycles. The van der Waals surface area contributed by atoms with Gasteiger partial charge in [-0.2, -0.15) is 0 Å². The molecule has 2 fully saturated rings. The van der Waals surface area contributed by atoms with Crippen molar-refractivity contribution in [3.05, 3.63) is 0 Å². The van der Waals surface area contributed by atoms with E-state index in [0.29, 0.717) is 6.04 Å². The third kappa shape index (κ3) is 1.50. The Bertz CT molecular complexity index is 114. The van der Waals surface area contributed by atoms with Crippen molar-refractivity contribution < 1.29 is 0 Å². The lowest BCUT2D eigenvalue weighted by molar-refractivity contribution is 0.256. The number of rotatable bonds is 3. The standard InChI is InChI=1S/C8H16N2/c9-7-3-6(4-7)5-10-8-1-2-8/h6-8,10H,1-5,9H2. The zero-order valence-electron chi connectivity index (χ0n) is 6.34. The summed E-state index contributed by atoms with van der Waals surface area (Å²) in [5.41, 5.74) is 5.66. The lowest BCUT2D eigenvalue weighted by Crippen LogP contribution is -2.41. The fourth-order valence-electron chi connectivity index (χ4n) is 1.57. The van der Waals surface area contributed by atoms with Crippen LogP contribution < -0.4 is 11.1 Å². The third-order valence-corrected chi connectivity index (χ3v) is 2.54. The van der Waals surface area contributed by atoms with Crippen molar-refractivity contribution in [3.8, 4) is 0 Å². The van der Waals surface area contributed by atoms with Gasteiger partial charge in [-0.25, -0.2) is 0 Å². The monoisotopic (exact) mass is 140 g/mol. The van der Waals surface area contributed by atoms with Crippen LogP contribution in [0, 0.1) is 5.92 Å². The van der Waals surface area contributed by atoms with Gasteiger partial charge in [0.2, 0.25) is 0 Å². The molecule has 0 aromatic rings. The van der Waals surface area contributed by atoms with Gasteiger partial charge in [0.25, 0.3) is 0 Å². The fraction of sp³-hybridized carbons (Fsp3) is 1.00. The molecule has 58 valence electrons. The van der Waals surface area contributed by atoms with Gasteiger partial charge in [-0.1, -0.05) is 0 Å². The van der Waals surface area contributed by atoms with Gasteiger partial charge in [-0.3, -0.25) is 0 Å². The van der Waals surface area contributed by atoms with Crippen LogP contribution in [0.2, 0.25) is 0 Å². The van der Waals surface area contributed by atoms with Crippen LogP contribution in [0.25, 0.3) is 0 Å². The first-order chi connectivity index (χ1) is 4.84. The average Bonchev–Trinajstić information content (AvgIpc) is 2.60. The average molecular weight is 140 g/mol. The minimum atomic E-state index is 0.519. The number of nitrogens with one attached hydrogen (secondary N) is 1. The highest BCUT2D eigenvalue weighted by atomic mass is 15.0. The van der Waals surface area contributed by atoms with Gasteiger partial charge in [0.05, 0.1) is 0 Å². The third-order valence-electron chi connectivity index (χ3n) is 2.54. The summed E-state index contributed by atoms with van der Waals surface area (Å²) in [6, 6.07) is 1.39. The first-order valence-electron chi connectivity index (χ1n) is 4.33. The molecule has 0 aromatic heterocycles. The van der Waals surface area contributed by atoms with E-state index >= 15 is 0 Å². The predicted molar refractivity (Wildman–Crippen MR) is 41.7 cm³/mol. The molecule has 2 aliphatic rings. The van der Waals surface area contributed by atoms with Gasteiger partial charge in [0.1, 0.15) is 0 Å². The summed E-state index contributed by atoms with van der Waals surface area (Å²) in [7, 11) is 0. The quantitative estimate of drug-likeness (QED) is 0.598. The maximum absolute atomic E-state index is 5.66. The Morgan fingerprint density at radius 3 is 2.50 bits per heavy atom. The zero-order valence-corrected chi connectivity index (χ0v) is 6.34. The van der Waals surface area contributed by atoms with E-state index < -0.39 is 0 Å². The molecule has 0 unspecified atom stereocenters. The van der Waals surface area contributed by atoms with Crippen molar-refractivity contribution in [2.24, 2.45) is 11.7 Å². The Balaban J connectivity index is 1.54. The van der Waals surface area contributed by atoms with Crippen LogP contribution in [0.5, 0.6) is 0 Å². The van der Waals surface area contributed by atoms with E-state index in [2.05, 4.69) is 5.32 Å². The van der Waals surface area contributed by atoms with Gasteiger partial charge in [0.15, 0.2) is 0 Å². The molecule has 10 heavy (non-hydrogen) atoms. The van der Waals surface area contributed by atoms with Crippen LogP contribution in [0.3, 0.4) is 0 Å². The molecule has 0 aliphatic heterocycles. The second-order valence-corrected chi connectivity index (χ2v) is 3.78. The summed E-state index contributed by atoms with van der Waals surface area (Å²) in [4.78, 5) is 0. The number of hydrogen-bond donors (Lipinski definition) is 2. The topological polar surface area (TPSA) is 38.0 Å². The van der Waals surface area contributed by atoms with Crippen molar-refractivity contribution in [1.82, 2.24) is 5.32 Å².